The van der Waals surface area contributed by atoms with E-state index in [4.69, 9.17) is 6.42 Å². The Morgan fingerprint density at radius 1 is 1.25 bits per heavy atom. The topological polar surface area (TPSA) is 26.7 Å². The number of piperidine rings is 1. The Bertz CT molecular complexity index is 311. The summed E-state index contributed by atoms with van der Waals surface area (Å²) in [5.41, 5.74) is 0. The second-order valence-electron chi connectivity index (χ2n) is 6.71. The zero-order valence-corrected chi connectivity index (χ0v) is 12.9. The van der Waals surface area contributed by atoms with E-state index in [9.17, 15) is 5.11 Å². The Labute approximate surface area is 124 Å². The molecule has 0 spiro atoms. The van der Waals surface area contributed by atoms with Crippen molar-refractivity contribution < 1.29 is 5.11 Å². The smallest absolute Gasteiger partial charge is 0.0794 e. The standard InChI is InChI=1S/C17H30N2O/c1-3-10-19(16-6-4-5-7-16)14-17(20)13-18-11-8-15(2)9-12-18/h1,15-17,20H,4-14H2,2H3. The molecule has 0 aromatic rings. The van der Waals surface area contributed by atoms with Crippen LogP contribution in [0.25, 0.3) is 0 Å². The summed E-state index contributed by atoms with van der Waals surface area (Å²) in [7, 11) is 0. The summed E-state index contributed by atoms with van der Waals surface area (Å²) in [6, 6.07) is 0.599. The van der Waals surface area contributed by atoms with Crippen molar-refractivity contribution in [1.29, 1.82) is 0 Å². The molecule has 0 amide bonds. The fraction of sp³-hybridized carbons (Fsp3) is 0.882. The molecule has 0 aromatic carbocycles. The maximum absolute atomic E-state index is 10.4. The SMILES string of the molecule is C#CCN(CC(O)CN1CCC(C)CC1)C1CCCC1. The monoisotopic (exact) mass is 278 g/mol. The van der Waals surface area contributed by atoms with Gasteiger partial charge >= 0.3 is 0 Å². The van der Waals surface area contributed by atoms with Gasteiger partial charge in [-0.25, -0.2) is 0 Å². The molecular formula is C17H30N2O. The number of hydrogen-bond acceptors (Lipinski definition) is 3. The summed E-state index contributed by atoms with van der Waals surface area (Å²) >= 11 is 0. The molecule has 2 aliphatic rings. The maximum Gasteiger partial charge on any atom is 0.0794 e. The van der Waals surface area contributed by atoms with Crippen LogP contribution < -0.4 is 0 Å². The minimum absolute atomic E-state index is 0.266. The highest BCUT2D eigenvalue weighted by atomic mass is 16.3. The van der Waals surface area contributed by atoms with Gasteiger partial charge in [0.1, 0.15) is 0 Å². The molecule has 0 bridgehead atoms. The summed E-state index contributed by atoms with van der Waals surface area (Å²) < 4.78 is 0. The van der Waals surface area contributed by atoms with E-state index in [1.165, 1.54) is 38.5 Å². The molecule has 3 nitrogen and oxygen atoms in total. The Morgan fingerprint density at radius 3 is 2.50 bits per heavy atom. The molecule has 1 N–H and O–H groups in total. The van der Waals surface area contributed by atoms with Gasteiger partial charge in [0.15, 0.2) is 0 Å². The van der Waals surface area contributed by atoms with Crippen LogP contribution in [0.4, 0.5) is 0 Å². The summed E-state index contributed by atoms with van der Waals surface area (Å²) in [5.74, 6) is 3.61. The highest BCUT2D eigenvalue weighted by molar-refractivity contribution is 4.92. The lowest BCUT2D eigenvalue weighted by molar-refractivity contribution is 0.0533. The van der Waals surface area contributed by atoms with Crippen LogP contribution in [-0.4, -0.2) is 59.8 Å². The molecule has 114 valence electrons. The Hall–Kier alpha value is -0.560. The van der Waals surface area contributed by atoms with Crippen LogP contribution in [0.3, 0.4) is 0 Å². The number of nitrogens with zero attached hydrogens (tertiary/aromatic N) is 2. The lowest BCUT2D eigenvalue weighted by Gasteiger charge is -2.34. The molecule has 2 fully saturated rings. The predicted molar refractivity (Wildman–Crippen MR) is 83.5 cm³/mol. The zero-order valence-electron chi connectivity index (χ0n) is 12.9. The first kappa shape index (κ1) is 15.8. The van der Waals surface area contributed by atoms with Gasteiger partial charge in [-0.2, -0.15) is 0 Å². The lowest BCUT2D eigenvalue weighted by atomic mass is 9.99. The molecule has 20 heavy (non-hydrogen) atoms. The van der Waals surface area contributed by atoms with Gasteiger partial charge in [0.25, 0.3) is 0 Å². The predicted octanol–water partition coefficient (Wildman–Crippen LogP) is 1.96. The molecule has 3 heteroatoms. The number of terminal acetylenes is 1. The van der Waals surface area contributed by atoms with Crippen molar-refractivity contribution in [3.63, 3.8) is 0 Å². The van der Waals surface area contributed by atoms with Gasteiger partial charge in [0.05, 0.1) is 12.6 Å². The number of aliphatic hydroxyl groups excluding tert-OH is 1. The molecule has 0 radical (unpaired) electrons. The van der Waals surface area contributed by atoms with Gasteiger partial charge in [-0.15, -0.1) is 6.42 Å². The van der Waals surface area contributed by atoms with E-state index in [0.717, 1.165) is 32.1 Å². The first-order chi connectivity index (χ1) is 9.69. The van der Waals surface area contributed by atoms with Crippen molar-refractivity contribution in [3.05, 3.63) is 0 Å². The highest BCUT2D eigenvalue weighted by Crippen LogP contribution is 2.23. The van der Waals surface area contributed by atoms with Gasteiger partial charge in [-0.1, -0.05) is 25.7 Å². The molecule has 1 aliphatic heterocycles. The van der Waals surface area contributed by atoms with Crippen LogP contribution in [-0.2, 0) is 0 Å². The average molecular weight is 278 g/mol. The summed E-state index contributed by atoms with van der Waals surface area (Å²) in [6.07, 6.45) is 12.9. The molecule has 1 unspecified atom stereocenters. The molecule has 1 saturated carbocycles. The first-order valence-electron chi connectivity index (χ1n) is 8.27. The molecular weight excluding hydrogens is 248 g/mol. The van der Waals surface area contributed by atoms with Crippen LogP contribution >= 0.6 is 0 Å². The van der Waals surface area contributed by atoms with Crippen LogP contribution in [0.5, 0.6) is 0 Å². The fourth-order valence-corrected chi connectivity index (χ4v) is 3.60. The third-order valence-corrected chi connectivity index (χ3v) is 4.93. The summed E-state index contributed by atoms with van der Waals surface area (Å²) in [4.78, 5) is 4.73. The number of aliphatic hydroxyl groups is 1. The van der Waals surface area contributed by atoms with E-state index in [0.29, 0.717) is 12.6 Å². The lowest BCUT2D eigenvalue weighted by Crippen LogP contribution is -2.45. The van der Waals surface area contributed by atoms with Gasteiger partial charge in [-0.05, 0) is 44.7 Å². The normalized spacial score (nSPS) is 24.1. The third-order valence-electron chi connectivity index (χ3n) is 4.93. The molecule has 0 aromatic heterocycles. The molecule has 1 aliphatic carbocycles. The van der Waals surface area contributed by atoms with Crippen LogP contribution in [0, 0.1) is 18.3 Å². The van der Waals surface area contributed by atoms with E-state index in [2.05, 4.69) is 22.6 Å². The van der Waals surface area contributed by atoms with Crippen molar-refractivity contribution in [1.82, 2.24) is 9.80 Å². The van der Waals surface area contributed by atoms with Crippen molar-refractivity contribution in [2.24, 2.45) is 5.92 Å². The second kappa shape index (κ2) is 8.02. The molecule has 2 rings (SSSR count). The average Bonchev–Trinajstić information content (AvgIpc) is 2.95. The Kier molecular flexibility index (Phi) is 6.35. The molecule has 1 atom stereocenters. The Balaban J connectivity index is 1.76. The first-order valence-corrected chi connectivity index (χ1v) is 8.27. The second-order valence-corrected chi connectivity index (χ2v) is 6.71. The number of likely N-dealkylation sites (tertiary alicyclic amines) is 1. The van der Waals surface area contributed by atoms with E-state index >= 15 is 0 Å². The molecule has 1 saturated heterocycles. The quantitative estimate of drug-likeness (QED) is 0.752. The minimum atomic E-state index is -0.266. The van der Waals surface area contributed by atoms with E-state index in [1.54, 1.807) is 0 Å². The van der Waals surface area contributed by atoms with Crippen molar-refractivity contribution in [3.8, 4) is 12.3 Å². The minimum Gasteiger partial charge on any atom is -0.390 e. The van der Waals surface area contributed by atoms with Crippen LogP contribution in [0.15, 0.2) is 0 Å². The highest BCUT2D eigenvalue weighted by Gasteiger charge is 2.25. The molecule has 1 heterocycles. The van der Waals surface area contributed by atoms with Gasteiger partial charge in [0.2, 0.25) is 0 Å². The third kappa shape index (κ3) is 4.77. The summed E-state index contributed by atoms with van der Waals surface area (Å²) in [5, 5.41) is 10.4. The van der Waals surface area contributed by atoms with E-state index in [1.807, 2.05) is 0 Å². The van der Waals surface area contributed by atoms with Gasteiger partial charge in [-0.3, -0.25) is 4.90 Å². The van der Waals surface area contributed by atoms with Crippen molar-refractivity contribution in [2.75, 3.05) is 32.7 Å². The largest absolute Gasteiger partial charge is 0.390 e. The van der Waals surface area contributed by atoms with Gasteiger partial charge < -0.3 is 10.0 Å². The van der Waals surface area contributed by atoms with Crippen LogP contribution in [0.1, 0.15) is 45.4 Å². The van der Waals surface area contributed by atoms with Crippen molar-refractivity contribution in [2.45, 2.75) is 57.6 Å². The number of β-amino-alcohol motifs (C(OH)–C–C–N with tert-alkyl or cyclic N) is 1. The Morgan fingerprint density at radius 2 is 1.90 bits per heavy atom. The summed E-state index contributed by atoms with van der Waals surface area (Å²) in [6.45, 7) is 6.82. The zero-order chi connectivity index (χ0) is 14.4. The van der Waals surface area contributed by atoms with Crippen LogP contribution in [0.2, 0.25) is 0 Å². The number of rotatable bonds is 6. The number of hydrogen-bond donors (Lipinski definition) is 1. The maximum atomic E-state index is 10.4. The van der Waals surface area contributed by atoms with E-state index < -0.39 is 0 Å². The van der Waals surface area contributed by atoms with Crippen molar-refractivity contribution >= 4 is 0 Å². The van der Waals surface area contributed by atoms with E-state index in [-0.39, 0.29) is 6.10 Å². The van der Waals surface area contributed by atoms with Gasteiger partial charge in [0, 0.05) is 19.1 Å². The fourth-order valence-electron chi connectivity index (χ4n) is 3.60.